The average Bonchev–Trinajstić information content (AvgIpc) is 3.28. The monoisotopic (exact) mass is 539 g/mol. The van der Waals surface area contributed by atoms with Crippen LogP contribution in [0.1, 0.15) is 50.8 Å². The minimum atomic E-state index is -1.27. The Morgan fingerprint density at radius 3 is 2.34 bits per heavy atom. The normalized spacial score (nSPS) is 19.8. The van der Waals surface area contributed by atoms with Crippen LogP contribution in [0.5, 0.6) is 0 Å². The number of carbonyl (C=O) groups excluding carboxylic acids is 3. The van der Waals surface area contributed by atoms with Crippen LogP contribution in [0, 0.1) is 0 Å². The number of imide groups is 1. The van der Waals surface area contributed by atoms with Crippen molar-refractivity contribution in [1.29, 1.82) is 0 Å². The van der Waals surface area contributed by atoms with Gasteiger partial charge in [0, 0.05) is 28.4 Å². The van der Waals surface area contributed by atoms with Crippen LogP contribution >= 0.6 is 11.6 Å². The van der Waals surface area contributed by atoms with E-state index in [1.165, 1.54) is 0 Å². The third-order valence-electron chi connectivity index (χ3n) is 6.95. The van der Waals surface area contributed by atoms with Crippen molar-refractivity contribution in [3.8, 4) is 0 Å². The molecule has 2 aromatic carbocycles. The lowest BCUT2D eigenvalue weighted by Crippen LogP contribution is -2.56. The molecule has 0 aliphatic carbocycles. The van der Waals surface area contributed by atoms with Gasteiger partial charge in [0.15, 0.2) is 0 Å². The summed E-state index contributed by atoms with van der Waals surface area (Å²) in [4.78, 5) is 45.3. The van der Waals surface area contributed by atoms with Gasteiger partial charge in [-0.05, 0) is 62.4 Å². The molecular formula is C27H30ClN5O5. The number of carbonyl (C=O) groups is 3. The number of amides is 3. The van der Waals surface area contributed by atoms with Crippen molar-refractivity contribution in [1.82, 2.24) is 9.80 Å². The average molecular weight is 540 g/mol. The second-order valence-electron chi connectivity index (χ2n) is 10.4. The first kappa shape index (κ1) is 27.3. The fourth-order valence-electron chi connectivity index (χ4n) is 5.08. The number of ether oxygens (including phenoxy) is 2. The topological polar surface area (TPSA) is 125 Å². The third kappa shape index (κ3) is 5.56. The van der Waals surface area contributed by atoms with Crippen molar-refractivity contribution < 1.29 is 23.9 Å². The number of rotatable bonds is 5. The predicted molar refractivity (Wildman–Crippen MR) is 140 cm³/mol. The van der Waals surface area contributed by atoms with Gasteiger partial charge in [0.1, 0.15) is 24.3 Å². The summed E-state index contributed by atoms with van der Waals surface area (Å²) < 4.78 is 10.8. The molecule has 0 aromatic heterocycles. The van der Waals surface area contributed by atoms with Crippen LogP contribution < -0.4 is 0 Å². The molecule has 2 aliphatic heterocycles. The molecule has 0 saturated carbocycles. The SMILES string of the molecule is CC(C)(C)OC(=O)N1CCC(c2ccc(Cl)cc2)([C@H](N=[N+]=[N-])C(=O)N2C(=O)OC[C@@H]2c2ccccc2)CC1. The van der Waals surface area contributed by atoms with E-state index in [1.54, 1.807) is 49.9 Å². The minimum absolute atomic E-state index is 0.00204. The number of cyclic esters (lactones) is 1. The highest BCUT2D eigenvalue weighted by Crippen LogP contribution is 2.43. The molecule has 2 saturated heterocycles. The molecule has 2 heterocycles. The summed E-state index contributed by atoms with van der Waals surface area (Å²) in [7, 11) is 0. The standard InChI is InChI=1S/C27H30ClN5O5/c1-26(2,3)38-24(35)32-15-13-27(14-16-32,19-9-11-20(28)12-10-19)22(30-31-29)23(34)33-21(17-37-25(33)36)18-7-5-4-6-8-18/h4-12,21-22H,13-17H2,1-3H3/t21-,22-/m1/s1. The van der Waals surface area contributed by atoms with Gasteiger partial charge in [-0.15, -0.1) is 0 Å². The Hall–Kier alpha value is -3.75. The first-order valence-electron chi connectivity index (χ1n) is 12.4. The number of nitrogens with zero attached hydrogens (tertiary/aromatic N) is 5. The lowest BCUT2D eigenvalue weighted by atomic mass is 9.67. The van der Waals surface area contributed by atoms with Crippen molar-refractivity contribution in [2.75, 3.05) is 19.7 Å². The molecule has 2 atom stereocenters. The molecule has 2 fully saturated rings. The quantitative estimate of drug-likeness (QED) is 0.261. The molecule has 2 aromatic rings. The number of halogens is 1. The first-order valence-corrected chi connectivity index (χ1v) is 12.8. The summed E-state index contributed by atoms with van der Waals surface area (Å²) in [5, 5.41) is 4.48. The molecule has 4 rings (SSSR count). The van der Waals surface area contributed by atoms with Crippen molar-refractivity contribution >= 4 is 29.7 Å². The second kappa shape index (κ2) is 10.9. The molecule has 3 amide bonds. The van der Waals surface area contributed by atoms with Crippen LogP contribution in [0.3, 0.4) is 0 Å². The van der Waals surface area contributed by atoms with Crippen LogP contribution in [0.15, 0.2) is 59.7 Å². The lowest BCUT2D eigenvalue weighted by molar-refractivity contribution is -0.133. The van der Waals surface area contributed by atoms with Crippen molar-refractivity contribution in [2.24, 2.45) is 5.11 Å². The van der Waals surface area contributed by atoms with E-state index in [9.17, 15) is 19.9 Å². The van der Waals surface area contributed by atoms with E-state index in [4.69, 9.17) is 21.1 Å². The number of benzene rings is 2. The largest absolute Gasteiger partial charge is 0.446 e. The van der Waals surface area contributed by atoms with Gasteiger partial charge in [0.05, 0.1) is 0 Å². The smallest absolute Gasteiger partial charge is 0.417 e. The Morgan fingerprint density at radius 2 is 1.76 bits per heavy atom. The van der Waals surface area contributed by atoms with Gasteiger partial charge in [-0.25, -0.2) is 14.5 Å². The Bertz CT molecular complexity index is 1230. The maximum atomic E-state index is 14.1. The number of likely N-dealkylation sites (tertiary alicyclic amines) is 1. The predicted octanol–water partition coefficient (Wildman–Crippen LogP) is 6.01. The van der Waals surface area contributed by atoms with Crippen molar-refractivity contribution in [3.05, 3.63) is 81.2 Å². The summed E-state index contributed by atoms with van der Waals surface area (Å²) in [6.07, 6.45) is -0.662. The summed E-state index contributed by atoms with van der Waals surface area (Å²) in [6.45, 7) is 5.89. The molecule has 2 aliphatic rings. The summed E-state index contributed by atoms with van der Waals surface area (Å²) in [6, 6.07) is 14.1. The van der Waals surface area contributed by atoms with E-state index >= 15 is 0 Å². The van der Waals surface area contributed by atoms with E-state index in [-0.39, 0.29) is 19.7 Å². The van der Waals surface area contributed by atoms with Gasteiger partial charge < -0.3 is 14.4 Å². The molecule has 38 heavy (non-hydrogen) atoms. The maximum absolute atomic E-state index is 14.1. The zero-order chi connectivity index (χ0) is 27.5. The van der Waals surface area contributed by atoms with E-state index in [1.807, 2.05) is 30.3 Å². The van der Waals surface area contributed by atoms with Gasteiger partial charge in [0.2, 0.25) is 5.91 Å². The lowest BCUT2D eigenvalue weighted by Gasteiger charge is -2.45. The fraction of sp³-hybridized carbons (Fsp3) is 0.444. The van der Waals surface area contributed by atoms with Crippen LogP contribution in [0.25, 0.3) is 10.4 Å². The van der Waals surface area contributed by atoms with Crippen LogP contribution in [0.4, 0.5) is 9.59 Å². The summed E-state index contributed by atoms with van der Waals surface area (Å²) in [5.41, 5.74) is 9.34. The molecule has 11 heteroatoms. The van der Waals surface area contributed by atoms with Crippen LogP contribution in [-0.2, 0) is 19.7 Å². The molecule has 200 valence electrons. The summed E-state index contributed by atoms with van der Waals surface area (Å²) in [5.74, 6) is -0.653. The van der Waals surface area contributed by atoms with Crippen LogP contribution in [-0.4, -0.2) is 59.2 Å². The van der Waals surface area contributed by atoms with Gasteiger partial charge >= 0.3 is 12.2 Å². The highest BCUT2D eigenvalue weighted by molar-refractivity contribution is 6.30. The first-order chi connectivity index (χ1) is 18.1. The molecular weight excluding hydrogens is 510 g/mol. The van der Waals surface area contributed by atoms with Crippen molar-refractivity contribution in [3.63, 3.8) is 0 Å². The Morgan fingerprint density at radius 1 is 1.13 bits per heavy atom. The van der Waals surface area contributed by atoms with E-state index in [0.717, 1.165) is 16.0 Å². The summed E-state index contributed by atoms with van der Waals surface area (Å²) >= 11 is 6.15. The Kier molecular flexibility index (Phi) is 7.85. The number of hydrogen-bond donors (Lipinski definition) is 0. The number of hydrogen-bond acceptors (Lipinski definition) is 6. The number of azide groups is 1. The molecule has 0 N–H and O–H groups in total. The Labute approximate surface area is 226 Å². The molecule has 0 radical (unpaired) electrons. The van der Waals surface area contributed by atoms with E-state index in [0.29, 0.717) is 17.9 Å². The Balaban J connectivity index is 1.71. The number of piperidine rings is 1. The maximum Gasteiger partial charge on any atom is 0.417 e. The zero-order valence-corrected chi connectivity index (χ0v) is 22.3. The minimum Gasteiger partial charge on any atom is -0.446 e. The highest BCUT2D eigenvalue weighted by Gasteiger charge is 2.51. The van der Waals surface area contributed by atoms with E-state index < -0.39 is 41.2 Å². The van der Waals surface area contributed by atoms with Gasteiger partial charge in [0.25, 0.3) is 0 Å². The molecule has 0 bridgehead atoms. The molecule has 0 spiro atoms. The van der Waals surface area contributed by atoms with Gasteiger partial charge in [-0.2, -0.15) is 0 Å². The fourth-order valence-corrected chi connectivity index (χ4v) is 5.21. The van der Waals surface area contributed by atoms with Gasteiger partial charge in [-0.3, -0.25) is 4.79 Å². The highest BCUT2D eigenvalue weighted by atomic mass is 35.5. The molecule has 10 nitrogen and oxygen atoms in total. The van der Waals surface area contributed by atoms with Gasteiger partial charge in [-0.1, -0.05) is 59.2 Å². The zero-order valence-electron chi connectivity index (χ0n) is 21.5. The third-order valence-corrected chi connectivity index (χ3v) is 7.20. The second-order valence-corrected chi connectivity index (χ2v) is 10.9. The van der Waals surface area contributed by atoms with Crippen molar-refractivity contribution in [2.45, 2.75) is 56.7 Å². The van der Waals surface area contributed by atoms with E-state index in [2.05, 4.69) is 10.0 Å². The molecule has 0 unspecified atom stereocenters. The van der Waals surface area contributed by atoms with Crippen LogP contribution in [0.2, 0.25) is 5.02 Å².